The van der Waals surface area contributed by atoms with E-state index in [1.54, 1.807) is 6.07 Å². The van der Waals surface area contributed by atoms with Crippen LogP contribution in [0.5, 0.6) is 5.75 Å². The van der Waals surface area contributed by atoms with Crippen LogP contribution in [0.25, 0.3) is 0 Å². The lowest BCUT2D eigenvalue weighted by atomic mass is 10.2. The van der Waals surface area contributed by atoms with Gasteiger partial charge in [0.25, 0.3) is 0 Å². The first-order chi connectivity index (χ1) is 8.09. The van der Waals surface area contributed by atoms with Crippen molar-refractivity contribution in [1.29, 1.82) is 0 Å². The Kier molecular flexibility index (Phi) is 5.98. The first-order valence-corrected chi connectivity index (χ1v) is 6.19. The van der Waals surface area contributed by atoms with Crippen LogP contribution in [0.2, 0.25) is 0 Å². The molecule has 17 heavy (non-hydrogen) atoms. The first kappa shape index (κ1) is 14.0. The maximum absolute atomic E-state index is 13.0. The highest BCUT2D eigenvalue weighted by atomic mass is 19.1. The van der Waals surface area contributed by atoms with Gasteiger partial charge in [-0.2, -0.15) is 0 Å². The highest BCUT2D eigenvalue weighted by molar-refractivity contribution is 5.32. The molecule has 0 saturated carbocycles. The molecule has 0 atom stereocenters. The van der Waals surface area contributed by atoms with Crippen LogP contribution in [0.4, 0.5) is 4.39 Å². The molecule has 0 fully saturated rings. The maximum Gasteiger partial charge on any atom is 0.126 e. The van der Waals surface area contributed by atoms with E-state index in [9.17, 15) is 4.39 Å². The lowest BCUT2D eigenvalue weighted by Gasteiger charge is -2.10. The van der Waals surface area contributed by atoms with Crippen LogP contribution in [-0.4, -0.2) is 19.7 Å². The largest absolute Gasteiger partial charge is 0.493 e. The molecule has 1 aromatic carbocycles. The average Bonchev–Trinajstić information content (AvgIpc) is 2.27. The second-order valence-electron chi connectivity index (χ2n) is 4.71. The van der Waals surface area contributed by atoms with Gasteiger partial charge in [0, 0.05) is 6.07 Å². The van der Waals surface area contributed by atoms with Gasteiger partial charge < -0.3 is 10.1 Å². The van der Waals surface area contributed by atoms with Crippen LogP contribution >= 0.6 is 0 Å². The van der Waals surface area contributed by atoms with E-state index in [2.05, 4.69) is 19.2 Å². The van der Waals surface area contributed by atoms with E-state index < -0.39 is 0 Å². The van der Waals surface area contributed by atoms with Crippen molar-refractivity contribution in [1.82, 2.24) is 5.32 Å². The lowest BCUT2D eigenvalue weighted by molar-refractivity contribution is 0.303. The van der Waals surface area contributed by atoms with Crippen LogP contribution in [0.3, 0.4) is 0 Å². The normalized spacial score (nSPS) is 10.9. The number of aryl methyl sites for hydroxylation is 1. The Balaban J connectivity index is 2.20. The Morgan fingerprint density at radius 2 is 2.12 bits per heavy atom. The minimum absolute atomic E-state index is 0.247. The Hall–Kier alpha value is -1.09. The summed E-state index contributed by atoms with van der Waals surface area (Å²) in [6, 6.07) is 4.63. The van der Waals surface area contributed by atoms with Gasteiger partial charge in [-0.15, -0.1) is 0 Å². The van der Waals surface area contributed by atoms with Gasteiger partial charge in [0.05, 0.1) is 6.61 Å². The molecule has 3 heteroatoms. The zero-order valence-electron chi connectivity index (χ0n) is 10.9. The quantitative estimate of drug-likeness (QED) is 0.738. The topological polar surface area (TPSA) is 21.3 Å². The number of benzene rings is 1. The zero-order chi connectivity index (χ0) is 12.7. The predicted octanol–water partition coefficient (Wildman–Crippen LogP) is 3.15. The molecule has 1 aromatic rings. The Morgan fingerprint density at radius 1 is 1.35 bits per heavy atom. The molecule has 0 aliphatic heterocycles. The third-order valence-electron chi connectivity index (χ3n) is 2.46. The summed E-state index contributed by atoms with van der Waals surface area (Å²) >= 11 is 0. The highest BCUT2D eigenvalue weighted by Gasteiger charge is 2.01. The molecule has 0 aliphatic carbocycles. The lowest BCUT2D eigenvalue weighted by Crippen LogP contribution is -2.22. The van der Waals surface area contributed by atoms with Gasteiger partial charge in [-0.05, 0) is 44.0 Å². The fourth-order valence-corrected chi connectivity index (χ4v) is 1.50. The third-order valence-corrected chi connectivity index (χ3v) is 2.46. The van der Waals surface area contributed by atoms with Crippen molar-refractivity contribution in [3.05, 3.63) is 29.6 Å². The molecule has 1 N–H and O–H groups in total. The monoisotopic (exact) mass is 239 g/mol. The fourth-order valence-electron chi connectivity index (χ4n) is 1.50. The van der Waals surface area contributed by atoms with E-state index in [-0.39, 0.29) is 5.82 Å². The Bertz CT molecular complexity index is 339. The Labute approximate surface area is 103 Å². The van der Waals surface area contributed by atoms with E-state index in [4.69, 9.17) is 4.74 Å². The molecule has 0 spiro atoms. The summed E-state index contributed by atoms with van der Waals surface area (Å²) in [7, 11) is 0. The summed E-state index contributed by atoms with van der Waals surface area (Å²) in [4.78, 5) is 0. The molecule has 96 valence electrons. The van der Waals surface area contributed by atoms with Crippen molar-refractivity contribution in [2.75, 3.05) is 19.7 Å². The molecule has 0 aliphatic rings. The van der Waals surface area contributed by atoms with Crippen molar-refractivity contribution in [3.63, 3.8) is 0 Å². The van der Waals surface area contributed by atoms with Gasteiger partial charge in [-0.3, -0.25) is 0 Å². The molecule has 0 radical (unpaired) electrons. The van der Waals surface area contributed by atoms with Gasteiger partial charge in [0.2, 0.25) is 0 Å². The van der Waals surface area contributed by atoms with E-state index >= 15 is 0 Å². The van der Waals surface area contributed by atoms with Gasteiger partial charge in [0.15, 0.2) is 0 Å². The maximum atomic E-state index is 13.0. The van der Waals surface area contributed by atoms with E-state index in [1.165, 1.54) is 12.1 Å². The first-order valence-electron chi connectivity index (χ1n) is 6.19. The van der Waals surface area contributed by atoms with Gasteiger partial charge in [-0.25, -0.2) is 4.39 Å². The number of rotatable bonds is 7. The van der Waals surface area contributed by atoms with Crippen molar-refractivity contribution >= 4 is 0 Å². The van der Waals surface area contributed by atoms with Gasteiger partial charge in [-0.1, -0.05) is 19.9 Å². The number of nitrogens with one attached hydrogen (secondary N) is 1. The van der Waals surface area contributed by atoms with E-state index in [1.807, 2.05) is 6.92 Å². The summed E-state index contributed by atoms with van der Waals surface area (Å²) in [5.41, 5.74) is 0.974. The van der Waals surface area contributed by atoms with Crippen LogP contribution in [0.15, 0.2) is 18.2 Å². The summed E-state index contributed by atoms with van der Waals surface area (Å²) in [5, 5.41) is 3.34. The minimum atomic E-state index is -0.247. The summed E-state index contributed by atoms with van der Waals surface area (Å²) in [6.45, 7) is 8.87. The molecule has 2 nitrogen and oxygen atoms in total. The summed E-state index contributed by atoms with van der Waals surface area (Å²) in [6.07, 6.45) is 0.933. The Morgan fingerprint density at radius 3 is 2.82 bits per heavy atom. The number of halogens is 1. The summed E-state index contributed by atoms with van der Waals surface area (Å²) < 4.78 is 18.5. The number of hydrogen-bond donors (Lipinski definition) is 1. The zero-order valence-corrected chi connectivity index (χ0v) is 10.9. The molecule has 1 rings (SSSR count). The summed E-state index contributed by atoms with van der Waals surface area (Å²) in [5.74, 6) is 1.07. The van der Waals surface area contributed by atoms with Gasteiger partial charge in [0.1, 0.15) is 11.6 Å². The molecule has 0 heterocycles. The molecule has 0 bridgehead atoms. The molecular formula is C14H22FNO. The third kappa shape index (κ3) is 5.68. The van der Waals surface area contributed by atoms with Crippen LogP contribution in [0, 0.1) is 18.7 Å². The molecule has 0 aromatic heterocycles. The standard InChI is InChI=1S/C14H22FNO/c1-11(2)10-16-7-4-8-17-14-9-13(15)6-5-12(14)3/h5-6,9,11,16H,4,7-8,10H2,1-3H3. The highest BCUT2D eigenvalue weighted by Crippen LogP contribution is 2.18. The second kappa shape index (κ2) is 7.28. The SMILES string of the molecule is Cc1ccc(F)cc1OCCCNCC(C)C. The van der Waals surface area contributed by atoms with Crippen LogP contribution in [-0.2, 0) is 0 Å². The fraction of sp³-hybridized carbons (Fsp3) is 0.571. The van der Waals surface area contributed by atoms with Crippen LogP contribution in [0.1, 0.15) is 25.8 Å². The minimum Gasteiger partial charge on any atom is -0.493 e. The average molecular weight is 239 g/mol. The van der Waals surface area contributed by atoms with Crippen molar-refractivity contribution in [2.45, 2.75) is 27.2 Å². The molecule has 0 unspecified atom stereocenters. The van der Waals surface area contributed by atoms with Crippen molar-refractivity contribution < 1.29 is 9.13 Å². The van der Waals surface area contributed by atoms with E-state index in [0.717, 1.165) is 25.1 Å². The number of hydrogen-bond acceptors (Lipinski definition) is 2. The van der Waals surface area contributed by atoms with Gasteiger partial charge >= 0.3 is 0 Å². The smallest absolute Gasteiger partial charge is 0.126 e. The van der Waals surface area contributed by atoms with Crippen molar-refractivity contribution in [2.24, 2.45) is 5.92 Å². The molecular weight excluding hydrogens is 217 g/mol. The second-order valence-corrected chi connectivity index (χ2v) is 4.71. The van der Waals surface area contributed by atoms with E-state index in [0.29, 0.717) is 18.3 Å². The van der Waals surface area contributed by atoms with Crippen molar-refractivity contribution in [3.8, 4) is 5.75 Å². The number of ether oxygens (including phenoxy) is 1. The van der Waals surface area contributed by atoms with Crippen LogP contribution < -0.4 is 10.1 Å². The molecule has 0 saturated heterocycles. The molecule has 0 amide bonds. The predicted molar refractivity (Wildman–Crippen MR) is 69.0 cm³/mol.